The predicted octanol–water partition coefficient (Wildman–Crippen LogP) is 4.24. The van der Waals surface area contributed by atoms with Crippen molar-refractivity contribution in [1.82, 2.24) is 0 Å². The molecule has 6 heteroatoms. The lowest BCUT2D eigenvalue weighted by molar-refractivity contribution is 0.103. The molecule has 0 saturated carbocycles. The third kappa shape index (κ3) is 2.53. The molecule has 2 rings (SSSR count). The quantitative estimate of drug-likeness (QED) is 0.457. The Kier molecular flexibility index (Phi) is 3.71. The van der Waals surface area contributed by atoms with Crippen LogP contribution in [-0.4, -0.2) is 5.78 Å². The van der Waals surface area contributed by atoms with Crippen molar-refractivity contribution in [3.8, 4) is 0 Å². The molecule has 0 spiro atoms. The van der Waals surface area contributed by atoms with Gasteiger partial charge in [-0.05, 0) is 34.1 Å². The first kappa shape index (κ1) is 13.7. The van der Waals surface area contributed by atoms with E-state index in [0.29, 0.717) is 6.07 Å². The summed E-state index contributed by atoms with van der Waals surface area (Å²) in [6.45, 7) is 0. The number of ketones is 1. The largest absolute Gasteiger partial charge is 0.288 e. The average Bonchev–Trinajstić information content (AvgIpc) is 2.36. The normalized spacial score (nSPS) is 10.6. The maximum Gasteiger partial charge on any atom is 0.199 e. The highest BCUT2D eigenvalue weighted by atomic mass is 79.9. The zero-order valence-electron chi connectivity index (χ0n) is 9.18. The topological polar surface area (TPSA) is 17.1 Å². The summed E-state index contributed by atoms with van der Waals surface area (Å²) >= 11 is 2.88. The lowest BCUT2D eigenvalue weighted by Crippen LogP contribution is -2.08. The molecule has 0 unspecified atom stereocenters. The maximum atomic E-state index is 13.7. The van der Waals surface area contributed by atoms with Gasteiger partial charge in [0.15, 0.2) is 17.4 Å². The van der Waals surface area contributed by atoms with Crippen molar-refractivity contribution in [2.24, 2.45) is 0 Å². The van der Waals surface area contributed by atoms with E-state index in [1.807, 2.05) is 0 Å². The molecular formula is C13H5BrF4O. The zero-order chi connectivity index (χ0) is 14.2. The molecule has 0 radical (unpaired) electrons. The minimum atomic E-state index is -1.41. The lowest BCUT2D eigenvalue weighted by Gasteiger charge is -2.06. The average molecular weight is 333 g/mol. The molecule has 1 nitrogen and oxygen atoms in total. The van der Waals surface area contributed by atoms with Crippen LogP contribution in [0.1, 0.15) is 15.9 Å². The Hall–Kier alpha value is -1.69. The van der Waals surface area contributed by atoms with Crippen LogP contribution < -0.4 is 0 Å². The van der Waals surface area contributed by atoms with Crippen molar-refractivity contribution in [3.05, 3.63) is 69.2 Å². The second-order valence-electron chi connectivity index (χ2n) is 3.68. The van der Waals surface area contributed by atoms with Crippen molar-refractivity contribution in [2.45, 2.75) is 0 Å². The molecule has 0 amide bonds. The van der Waals surface area contributed by atoms with Gasteiger partial charge in [0, 0.05) is 6.07 Å². The number of hydrogen-bond acceptors (Lipinski definition) is 1. The molecule has 0 saturated heterocycles. The summed E-state index contributed by atoms with van der Waals surface area (Å²) in [5.41, 5.74) is -1.16. The van der Waals surface area contributed by atoms with Crippen LogP contribution in [0, 0.1) is 23.3 Å². The van der Waals surface area contributed by atoms with Crippen LogP contribution >= 0.6 is 15.9 Å². The molecule has 0 fully saturated rings. The van der Waals surface area contributed by atoms with Crippen molar-refractivity contribution in [2.75, 3.05) is 0 Å². The van der Waals surface area contributed by atoms with Gasteiger partial charge in [-0.2, -0.15) is 0 Å². The fraction of sp³-hybridized carbons (Fsp3) is 0. The number of carbonyl (C=O) groups excluding carboxylic acids is 1. The van der Waals surface area contributed by atoms with Gasteiger partial charge in [0.05, 0.1) is 15.6 Å². The molecule has 19 heavy (non-hydrogen) atoms. The molecule has 0 bridgehead atoms. The van der Waals surface area contributed by atoms with Crippen molar-refractivity contribution < 1.29 is 22.4 Å². The summed E-state index contributed by atoms with van der Waals surface area (Å²) in [7, 11) is 0. The standard InChI is InChI=1S/C13H5BrF4O/c14-8-3-1-2-6(12(8)18)13(19)7-4-10(16)11(17)5-9(7)15/h1-5H. The Morgan fingerprint density at radius 3 is 2.21 bits per heavy atom. The second kappa shape index (κ2) is 5.13. The van der Waals surface area contributed by atoms with Crippen LogP contribution in [0.4, 0.5) is 17.6 Å². The summed E-state index contributed by atoms with van der Waals surface area (Å²) in [6.07, 6.45) is 0. The smallest absolute Gasteiger partial charge is 0.199 e. The molecule has 2 aromatic rings. The summed E-state index contributed by atoms with van der Waals surface area (Å²) in [6, 6.07) is 4.51. The van der Waals surface area contributed by atoms with E-state index in [-0.39, 0.29) is 10.5 Å². The zero-order valence-corrected chi connectivity index (χ0v) is 10.8. The van der Waals surface area contributed by atoms with E-state index >= 15 is 0 Å². The molecule has 0 aliphatic rings. The van der Waals surface area contributed by atoms with Crippen molar-refractivity contribution >= 4 is 21.7 Å². The molecular weight excluding hydrogens is 328 g/mol. The number of hydrogen-bond donors (Lipinski definition) is 0. The molecule has 0 aliphatic heterocycles. The Balaban J connectivity index is 2.56. The lowest BCUT2D eigenvalue weighted by atomic mass is 10.0. The SMILES string of the molecule is O=C(c1cc(F)c(F)cc1F)c1cccc(Br)c1F. The summed E-state index contributed by atoms with van der Waals surface area (Å²) in [4.78, 5) is 11.9. The third-order valence-electron chi connectivity index (χ3n) is 2.45. The highest BCUT2D eigenvalue weighted by molar-refractivity contribution is 9.10. The second-order valence-corrected chi connectivity index (χ2v) is 4.53. The van der Waals surface area contributed by atoms with Crippen LogP contribution in [0.5, 0.6) is 0 Å². The third-order valence-corrected chi connectivity index (χ3v) is 3.06. The van der Waals surface area contributed by atoms with Crippen LogP contribution in [0.2, 0.25) is 0 Å². The van der Waals surface area contributed by atoms with Gasteiger partial charge in [-0.1, -0.05) is 6.07 Å². The summed E-state index contributed by atoms with van der Waals surface area (Å²) < 4.78 is 52.9. The first-order valence-electron chi connectivity index (χ1n) is 5.05. The summed E-state index contributed by atoms with van der Waals surface area (Å²) in [5.74, 6) is -5.99. The Bertz CT molecular complexity index is 670. The summed E-state index contributed by atoms with van der Waals surface area (Å²) in [5, 5.41) is 0. The Morgan fingerprint density at radius 2 is 1.53 bits per heavy atom. The first-order valence-corrected chi connectivity index (χ1v) is 5.84. The van der Waals surface area contributed by atoms with Crippen molar-refractivity contribution in [3.63, 3.8) is 0 Å². The molecule has 0 N–H and O–H groups in total. The highest BCUT2D eigenvalue weighted by Crippen LogP contribution is 2.23. The van der Waals surface area contributed by atoms with Gasteiger partial charge < -0.3 is 0 Å². The van der Waals surface area contributed by atoms with Gasteiger partial charge in [0.1, 0.15) is 11.6 Å². The van der Waals surface area contributed by atoms with E-state index in [4.69, 9.17) is 0 Å². The number of rotatable bonds is 2. The number of benzene rings is 2. The molecule has 0 aromatic heterocycles. The van der Waals surface area contributed by atoms with Gasteiger partial charge in [0.2, 0.25) is 0 Å². The Morgan fingerprint density at radius 1 is 0.895 bits per heavy atom. The molecule has 0 aliphatic carbocycles. The fourth-order valence-electron chi connectivity index (χ4n) is 1.52. The number of carbonyl (C=O) groups is 1. The van der Waals surface area contributed by atoms with Gasteiger partial charge in [-0.25, -0.2) is 17.6 Å². The predicted molar refractivity (Wildman–Crippen MR) is 63.8 cm³/mol. The van der Waals surface area contributed by atoms with Gasteiger partial charge in [-0.3, -0.25) is 4.79 Å². The first-order chi connectivity index (χ1) is 8.91. The van der Waals surface area contributed by atoms with Crippen LogP contribution in [0.15, 0.2) is 34.8 Å². The maximum absolute atomic E-state index is 13.7. The fourth-order valence-corrected chi connectivity index (χ4v) is 1.89. The van der Waals surface area contributed by atoms with Crippen LogP contribution in [0.3, 0.4) is 0 Å². The van der Waals surface area contributed by atoms with E-state index < -0.39 is 40.2 Å². The van der Waals surface area contributed by atoms with Crippen molar-refractivity contribution in [1.29, 1.82) is 0 Å². The Labute approximate surface area is 114 Å². The monoisotopic (exact) mass is 332 g/mol. The molecule has 2 aromatic carbocycles. The van der Waals surface area contributed by atoms with E-state index in [1.165, 1.54) is 12.1 Å². The van der Waals surface area contributed by atoms with Gasteiger partial charge in [-0.15, -0.1) is 0 Å². The van der Waals surface area contributed by atoms with E-state index in [1.54, 1.807) is 0 Å². The van der Waals surface area contributed by atoms with Gasteiger partial charge in [0.25, 0.3) is 0 Å². The molecule has 0 heterocycles. The van der Waals surface area contributed by atoms with Crippen LogP contribution in [0.25, 0.3) is 0 Å². The minimum absolute atomic E-state index is 0.0151. The van der Waals surface area contributed by atoms with E-state index in [0.717, 1.165) is 6.07 Å². The highest BCUT2D eigenvalue weighted by Gasteiger charge is 2.21. The minimum Gasteiger partial charge on any atom is -0.288 e. The molecule has 0 atom stereocenters. The van der Waals surface area contributed by atoms with E-state index in [9.17, 15) is 22.4 Å². The van der Waals surface area contributed by atoms with Gasteiger partial charge >= 0.3 is 0 Å². The number of halogens is 5. The molecule has 98 valence electrons. The van der Waals surface area contributed by atoms with Crippen LogP contribution in [-0.2, 0) is 0 Å². The van der Waals surface area contributed by atoms with E-state index in [2.05, 4.69) is 15.9 Å².